The lowest BCUT2D eigenvalue weighted by Gasteiger charge is -2.37. The number of nitrogens with zero attached hydrogens (tertiary/aromatic N) is 2. The van der Waals surface area contributed by atoms with Crippen molar-refractivity contribution >= 4 is 46.8 Å². The average molecular weight is 443 g/mol. The third kappa shape index (κ3) is 5.65. The highest BCUT2D eigenvalue weighted by Gasteiger charge is 2.36. The van der Waals surface area contributed by atoms with Crippen LogP contribution in [0, 0.1) is 5.92 Å². The first kappa shape index (κ1) is 23.5. The Bertz CT molecular complexity index is 769. The smallest absolute Gasteiger partial charge is 0.326 e. The minimum absolute atomic E-state index is 0. The maximum Gasteiger partial charge on any atom is 0.326 e. The van der Waals surface area contributed by atoms with Crippen molar-refractivity contribution in [3.8, 4) is 0 Å². The SMILES string of the molecule is CC(=O)SCC(C)C(=O)N1Cc2cc(N3CCOCC3)ccc2CC1C(=O)O.Cl. The second-order valence-corrected chi connectivity index (χ2v) is 8.48. The number of halogens is 1. The molecule has 160 valence electrons. The minimum Gasteiger partial charge on any atom is -0.480 e. The number of carbonyl (C=O) groups is 3. The fourth-order valence-corrected chi connectivity index (χ4v) is 4.27. The lowest BCUT2D eigenvalue weighted by Crippen LogP contribution is -2.50. The molecular formula is C20H27ClN2O5S. The lowest BCUT2D eigenvalue weighted by atomic mass is 9.92. The van der Waals surface area contributed by atoms with E-state index >= 15 is 0 Å². The second kappa shape index (κ2) is 10.3. The number of amides is 1. The van der Waals surface area contributed by atoms with E-state index in [1.54, 1.807) is 6.92 Å². The number of rotatable bonds is 5. The number of carbonyl (C=O) groups excluding carboxylic acids is 2. The second-order valence-electron chi connectivity index (χ2n) is 7.28. The molecule has 0 aliphatic carbocycles. The first-order valence-corrected chi connectivity index (χ1v) is 10.5. The summed E-state index contributed by atoms with van der Waals surface area (Å²) in [7, 11) is 0. The molecule has 0 radical (unpaired) electrons. The van der Waals surface area contributed by atoms with Crippen LogP contribution in [0.3, 0.4) is 0 Å². The van der Waals surface area contributed by atoms with Crippen molar-refractivity contribution < 1.29 is 24.2 Å². The Balaban J connectivity index is 0.00000300. The number of benzene rings is 1. The first-order chi connectivity index (χ1) is 13.4. The zero-order valence-corrected chi connectivity index (χ0v) is 18.3. The van der Waals surface area contributed by atoms with E-state index in [-0.39, 0.29) is 30.0 Å². The van der Waals surface area contributed by atoms with E-state index < -0.39 is 17.9 Å². The number of carboxylic acids is 1. The Morgan fingerprint density at radius 1 is 1.24 bits per heavy atom. The monoisotopic (exact) mass is 442 g/mol. The van der Waals surface area contributed by atoms with Gasteiger partial charge in [-0.05, 0) is 23.3 Å². The predicted octanol–water partition coefficient (Wildman–Crippen LogP) is 2.20. The van der Waals surface area contributed by atoms with Gasteiger partial charge in [0.05, 0.1) is 13.2 Å². The standard InChI is InChI=1S/C20H26N2O5S.ClH/c1-13(12-28-14(2)23)19(24)22-11-16-9-17(21-5-7-27-8-6-21)4-3-15(16)10-18(22)20(25)26;/h3-4,9,13,18H,5-8,10-12H2,1-2H3,(H,25,26);1H. The Morgan fingerprint density at radius 2 is 1.93 bits per heavy atom. The highest BCUT2D eigenvalue weighted by molar-refractivity contribution is 8.13. The summed E-state index contributed by atoms with van der Waals surface area (Å²) in [6, 6.07) is 5.19. The van der Waals surface area contributed by atoms with Gasteiger partial charge in [-0.1, -0.05) is 24.8 Å². The van der Waals surface area contributed by atoms with Gasteiger partial charge in [-0.25, -0.2) is 4.79 Å². The van der Waals surface area contributed by atoms with Crippen LogP contribution in [0.15, 0.2) is 18.2 Å². The number of aliphatic carboxylic acids is 1. The van der Waals surface area contributed by atoms with Gasteiger partial charge in [0.2, 0.25) is 5.91 Å². The van der Waals surface area contributed by atoms with Crippen LogP contribution in [-0.2, 0) is 32.1 Å². The predicted molar refractivity (Wildman–Crippen MR) is 115 cm³/mol. The van der Waals surface area contributed by atoms with Crippen molar-refractivity contribution in [3.05, 3.63) is 29.3 Å². The first-order valence-electron chi connectivity index (χ1n) is 9.48. The summed E-state index contributed by atoms with van der Waals surface area (Å²) < 4.78 is 5.40. The Hall–Kier alpha value is -1.77. The molecule has 1 aromatic rings. The molecule has 0 spiro atoms. The Kier molecular flexibility index (Phi) is 8.36. The Labute approximate surface area is 181 Å². The maximum absolute atomic E-state index is 12.9. The molecule has 1 aromatic carbocycles. The van der Waals surface area contributed by atoms with Gasteiger partial charge in [0, 0.05) is 50.3 Å². The summed E-state index contributed by atoms with van der Waals surface area (Å²) in [4.78, 5) is 39.6. The fraction of sp³-hybridized carbons (Fsp3) is 0.550. The largest absolute Gasteiger partial charge is 0.480 e. The van der Waals surface area contributed by atoms with Gasteiger partial charge < -0.3 is 19.6 Å². The summed E-state index contributed by atoms with van der Waals surface area (Å²) >= 11 is 1.10. The van der Waals surface area contributed by atoms with Crippen LogP contribution >= 0.6 is 24.2 Å². The van der Waals surface area contributed by atoms with Gasteiger partial charge in [-0.15, -0.1) is 12.4 Å². The normalized spacial score (nSPS) is 19.7. The van der Waals surface area contributed by atoms with Crippen molar-refractivity contribution in [2.24, 2.45) is 5.92 Å². The zero-order valence-electron chi connectivity index (χ0n) is 16.6. The molecule has 1 amide bonds. The molecule has 2 atom stereocenters. The minimum atomic E-state index is -0.998. The van der Waals surface area contributed by atoms with Crippen LogP contribution in [0.25, 0.3) is 0 Å². The highest BCUT2D eigenvalue weighted by Crippen LogP contribution is 2.29. The van der Waals surface area contributed by atoms with Crippen molar-refractivity contribution in [2.75, 3.05) is 37.0 Å². The third-order valence-electron chi connectivity index (χ3n) is 5.22. The van der Waals surface area contributed by atoms with E-state index in [0.29, 0.717) is 25.4 Å². The Morgan fingerprint density at radius 3 is 2.55 bits per heavy atom. The van der Waals surface area contributed by atoms with Crippen molar-refractivity contribution in [1.29, 1.82) is 0 Å². The van der Waals surface area contributed by atoms with Crippen LogP contribution < -0.4 is 4.90 Å². The molecule has 2 heterocycles. The van der Waals surface area contributed by atoms with E-state index in [4.69, 9.17) is 4.74 Å². The summed E-state index contributed by atoms with van der Waals surface area (Å²) in [6.07, 6.45) is 0.298. The summed E-state index contributed by atoms with van der Waals surface area (Å²) in [5.74, 6) is -1.27. The number of anilines is 1. The van der Waals surface area contributed by atoms with Crippen LogP contribution in [0.4, 0.5) is 5.69 Å². The molecule has 0 bridgehead atoms. The van der Waals surface area contributed by atoms with E-state index in [9.17, 15) is 19.5 Å². The van der Waals surface area contributed by atoms with Crippen molar-refractivity contribution in [2.45, 2.75) is 32.9 Å². The molecule has 0 aromatic heterocycles. The van der Waals surface area contributed by atoms with E-state index in [1.165, 1.54) is 11.8 Å². The van der Waals surface area contributed by atoms with E-state index in [1.807, 2.05) is 12.1 Å². The van der Waals surface area contributed by atoms with Crippen LogP contribution in [0.5, 0.6) is 0 Å². The van der Waals surface area contributed by atoms with Crippen molar-refractivity contribution in [1.82, 2.24) is 4.90 Å². The molecule has 29 heavy (non-hydrogen) atoms. The molecule has 1 N–H and O–H groups in total. The van der Waals surface area contributed by atoms with Gasteiger partial charge in [0.25, 0.3) is 0 Å². The van der Waals surface area contributed by atoms with Gasteiger partial charge in [0.1, 0.15) is 6.04 Å². The number of morpholine rings is 1. The average Bonchev–Trinajstić information content (AvgIpc) is 2.70. The highest BCUT2D eigenvalue weighted by atomic mass is 35.5. The fourth-order valence-electron chi connectivity index (χ4n) is 3.64. The molecule has 2 unspecified atom stereocenters. The quantitative estimate of drug-likeness (QED) is 0.747. The van der Waals surface area contributed by atoms with Crippen LogP contribution in [-0.4, -0.2) is 65.1 Å². The number of fused-ring (bicyclic) bond motifs is 1. The van der Waals surface area contributed by atoms with E-state index in [0.717, 1.165) is 41.7 Å². The molecule has 7 nitrogen and oxygen atoms in total. The van der Waals surface area contributed by atoms with Crippen LogP contribution in [0.2, 0.25) is 0 Å². The van der Waals surface area contributed by atoms with Gasteiger partial charge in [-0.3, -0.25) is 9.59 Å². The van der Waals surface area contributed by atoms with Gasteiger partial charge in [-0.2, -0.15) is 0 Å². The molecule has 1 fully saturated rings. The molecule has 1 saturated heterocycles. The number of carboxylic acid groups (broad SMARTS) is 1. The molecule has 9 heteroatoms. The number of thioether (sulfide) groups is 1. The molecule has 0 saturated carbocycles. The lowest BCUT2D eigenvalue weighted by molar-refractivity contribution is -0.152. The summed E-state index contributed by atoms with van der Waals surface area (Å²) in [6.45, 7) is 6.50. The zero-order chi connectivity index (χ0) is 20.3. The van der Waals surface area contributed by atoms with Gasteiger partial charge in [0.15, 0.2) is 5.12 Å². The number of ether oxygens (including phenoxy) is 1. The molecular weight excluding hydrogens is 416 g/mol. The van der Waals surface area contributed by atoms with Crippen molar-refractivity contribution in [3.63, 3.8) is 0 Å². The number of hydrogen-bond donors (Lipinski definition) is 1. The molecule has 2 aliphatic rings. The maximum atomic E-state index is 12.9. The summed E-state index contributed by atoms with van der Waals surface area (Å²) in [5, 5.41) is 9.62. The van der Waals surface area contributed by atoms with Gasteiger partial charge >= 0.3 is 5.97 Å². The topological polar surface area (TPSA) is 87.2 Å². The molecule has 2 aliphatic heterocycles. The van der Waals surface area contributed by atoms with Crippen LogP contribution in [0.1, 0.15) is 25.0 Å². The summed E-state index contributed by atoms with van der Waals surface area (Å²) in [5.41, 5.74) is 3.03. The van der Waals surface area contributed by atoms with E-state index in [2.05, 4.69) is 11.0 Å². The molecule has 3 rings (SSSR count). The third-order valence-corrected chi connectivity index (χ3v) is 6.30. The number of hydrogen-bond acceptors (Lipinski definition) is 6.